The van der Waals surface area contributed by atoms with Gasteiger partial charge in [-0.3, -0.25) is 9.59 Å². The second-order valence-corrected chi connectivity index (χ2v) is 1.69. The van der Waals surface area contributed by atoms with Gasteiger partial charge in [-0.15, -0.1) is 0 Å². The van der Waals surface area contributed by atoms with Crippen molar-refractivity contribution < 1.29 is 24.2 Å². The molecule has 6 heteroatoms. The Morgan fingerprint density at radius 3 is 2.55 bits per heavy atom. The average molecular weight is 161 g/mol. The highest BCUT2D eigenvalue weighted by Gasteiger charge is 2.13. The van der Waals surface area contributed by atoms with E-state index in [0.29, 0.717) is 0 Å². The van der Waals surface area contributed by atoms with Crippen LogP contribution in [-0.2, 0) is 19.1 Å². The predicted octanol–water partition coefficient (Wildman–Crippen LogP) is -1.86. The maximum Gasteiger partial charge on any atom is 0.371 e. The van der Waals surface area contributed by atoms with E-state index in [9.17, 15) is 14.4 Å². The molecule has 0 rings (SSSR count). The van der Waals surface area contributed by atoms with Crippen molar-refractivity contribution in [3.8, 4) is 0 Å². The van der Waals surface area contributed by atoms with Crippen LogP contribution in [0.4, 0.5) is 0 Å². The summed E-state index contributed by atoms with van der Waals surface area (Å²) in [6.45, 7) is -0.493. The average Bonchev–Trinajstić information content (AvgIpc) is 1.99. The number of carboxylic acids is 1. The summed E-state index contributed by atoms with van der Waals surface area (Å²) in [5.74, 6) is -2.41. The predicted molar refractivity (Wildman–Crippen MR) is 32.6 cm³/mol. The van der Waals surface area contributed by atoms with Crippen molar-refractivity contribution in [1.82, 2.24) is 0 Å². The fraction of sp³-hybridized carbons (Fsp3) is 0.400. The highest BCUT2D eigenvalue weighted by molar-refractivity contribution is 6.20. The lowest BCUT2D eigenvalue weighted by atomic mass is 10.3. The van der Waals surface area contributed by atoms with Gasteiger partial charge in [0.25, 0.3) is 0 Å². The molecular weight excluding hydrogens is 154 g/mol. The summed E-state index contributed by atoms with van der Waals surface area (Å²) in [7, 11) is 0. The minimum Gasteiger partial charge on any atom is -0.480 e. The van der Waals surface area contributed by atoms with Crippen molar-refractivity contribution in [2.24, 2.45) is 5.73 Å². The topological polar surface area (TPSA) is 107 Å². The molecule has 0 spiro atoms. The molecule has 0 aliphatic rings. The Hall–Kier alpha value is -1.43. The van der Waals surface area contributed by atoms with Gasteiger partial charge >= 0.3 is 11.9 Å². The van der Waals surface area contributed by atoms with Gasteiger partial charge in [0.2, 0.25) is 6.29 Å². The number of aliphatic carboxylic acids is 1. The number of carbonyl (C=O) groups excluding carboxylic acids is 2. The van der Waals surface area contributed by atoms with E-state index in [-0.39, 0.29) is 6.29 Å². The van der Waals surface area contributed by atoms with Crippen LogP contribution in [0.25, 0.3) is 0 Å². The molecule has 0 unspecified atom stereocenters. The van der Waals surface area contributed by atoms with Crippen molar-refractivity contribution >= 4 is 18.2 Å². The number of hydrogen-bond donors (Lipinski definition) is 2. The molecule has 0 aromatic heterocycles. The molecule has 0 saturated carbocycles. The van der Waals surface area contributed by atoms with Gasteiger partial charge < -0.3 is 15.6 Å². The van der Waals surface area contributed by atoms with Crippen LogP contribution in [0.2, 0.25) is 0 Å². The fourth-order valence-corrected chi connectivity index (χ4v) is 0.277. The highest BCUT2D eigenvalue weighted by atomic mass is 16.5. The zero-order valence-electron chi connectivity index (χ0n) is 5.52. The summed E-state index contributed by atoms with van der Waals surface area (Å²) in [5, 5.41) is 8.16. The van der Waals surface area contributed by atoms with Gasteiger partial charge in [0, 0.05) is 0 Å². The van der Waals surface area contributed by atoms with E-state index in [0.717, 1.165) is 0 Å². The first kappa shape index (κ1) is 9.57. The normalized spacial score (nSPS) is 11.7. The fourth-order valence-electron chi connectivity index (χ4n) is 0.277. The molecule has 0 saturated heterocycles. The maximum atomic E-state index is 10.1. The number of carboxylic acid groups (broad SMARTS) is 1. The molecule has 0 aromatic rings. The van der Waals surface area contributed by atoms with E-state index in [1.807, 2.05) is 0 Å². The van der Waals surface area contributed by atoms with Gasteiger partial charge in [0.05, 0.1) is 0 Å². The maximum absolute atomic E-state index is 10.1. The Morgan fingerprint density at radius 2 is 2.18 bits per heavy atom. The van der Waals surface area contributed by atoms with Crippen molar-refractivity contribution in [3.05, 3.63) is 0 Å². The molecule has 3 N–H and O–H groups in total. The Balaban J connectivity index is 3.62. The van der Waals surface area contributed by atoms with Crippen molar-refractivity contribution in [1.29, 1.82) is 0 Å². The summed E-state index contributed by atoms with van der Waals surface area (Å²) in [4.78, 5) is 29.7. The lowest BCUT2D eigenvalue weighted by Gasteiger charge is -2.04. The molecular formula is C5H7NO5. The molecule has 0 aliphatic heterocycles. The summed E-state index contributed by atoms with van der Waals surface area (Å²) >= 11 is 0. The monoisotopic (exact) mass is 161 g/mol. The van der Waals surface area contributed by atoms with Crippen LogP contribution in [-0.4, -0.2) is 36.0 Å². The number of nitrogens with two attached hydrogens (primary N) is 1. The zero-order chi connectivity index (χ0) is 8.85. The Bertz CT molecular complexity index is 178. The van der Waals surface area contributed by atoms with E-state index < -0.39 is 24.6 Å². The zero-order valence-corrected chi connectivity index (χ0v) is 5.52. The van der Waals surface area contributed by atoms with Crippen molar-refractivity contribution in [2.45, 2.75) is 6.04 Å². The molecule has 0 amide bonds. The van der Waals surface area contributed by atoms with Crippen LogP contribution >= 0.6 is 0 Å². The van der Waals surface area contributed by atoms with Crippen LogP contribution in [0.5, 0.6) is 0 Å². The molecule has 0 bridgehead atoms. The largest absolute Gasteiger partial charge is 0.480 e. The first-order valence-electron chi connectivity index (χ1n) is 2.68. The van der Waals surface area contributed by atoms with E-state index >= 15 is 0 Å². The van der Waals surface area contributed by atoms with Crippen LogP contribution < -0.4 is 5.73 Å². The number of aldehydes is 1. The van der Waals surface area contributed by atoms with E-state index in [1.165, 1.54) is 0 Å². The molecule has 0 fully saturated rings. The number of rotatable bonds is 4. The first-order chi connectivity index (χ1) is 5.07. The third-order valence-corrected chi connectivity index (χ3v) is 0.819. The van der Waals surface area contributed by atoms with Crippen LogP contribution in [0, 0.1) is 0 Å². The van der Waals surface area contributed by atoms with E-state index in [2.05, 4.69) is 4.74 Å². The molecule has 0 heterocycles. The molecule has 6 nitrogen and oxygen atoms in total. The number of hydrogen-bond acceptors (Lipinski definition) is 5. The van der Waals surface area contributed by atoms with Gasteiger partial charge in [-0.25, -0.2) is 4.79 Å². The Morgan fingerprint density at radius 1 is 1.64 bits per heavy atom. The van der Waals surface area contributed by atoms with Crippen LogP contribution in [0.1, 0.15) is 0 Å². The molecule has 11 heavy (non-hydrogen) atoms. The molecule has 0 aromatic carbocycles. The second-order valence-electron chi connectivity index (χ2n) is 1.69. The van der Waals surface area contributed by atoms with E-state index in [4.69, 9.17) is 10.8 Å². The number of esters is 1. The van der Waals surface area contributed by atoms with Gasteiger partial charge in [-0.1, -0.05) is 0 Å². The summed E-state index contributed by atoms with van der Waals surface area (Å²) < 4.78 is 4.10. The van der Waals surface area contributed by atoms with Gasteiger partial charge in [0.1, 0.15) is 12.6 Å². The third kappa shape index (κ3) is 4.04. The molecule has 1 atom stereocenters. The number of carbonyl (C=O) groups is 3. The van der Waals surface area contributed by atoms with Gasteiger partial charge in [0.15, 0.2) is 0 Å². The number of ether oxygens (including phenoxy) is 1. The Kier molecular flexibility index (Phi) is 3.82. The standard InChI is InChI=1S/C5H7NO5/c6-3(5(9)10)2-11-4(8)1-7/h1,3H,2,6H2,(H,9,10)/t3-/m0/s1. The molecule has 62 valence electrons. The van der Waals surface area contributed by atoms with Crippen LogP contribution in [0.3, 0.4) is 0 Å². The highest BCUT2D eigenvalue weighted by Crippen LogP contribution is 1.81. The summed E-state index contributed by atoms with van der Waals surface area (Å²) in [6.07, 6.45) is -0.0609. The summed E-state index contributed by atoms with van der Waals surface area (Å²) in [5.41, 5.74) is 4.93. The third-order valence-electron chi connectivity index (χ3n) is 0.819. The SMILES string of the molecule is N[C@@H](COC(=O)C=O)C(=O)O. The quantitative estimate of drug-likeness (QED) is 0.284. The minimum absolute atomic E-state index is 0.0609. The van der Waals surface area contributed by atoms with Crippen LogP contribution in [0.15, 0.2) is 0 Å². The Labute approximate surface area is 61.9 Å². The molecule has 0 aliphatic carbocycles. The smallest absolute Gasteiger partial charge is 0.371 e. The van der Waals surface area contributed by atoms with Gasteiger partial charge in [-0.2, -0.15) is 0 Å². The minimum atomic E-state index is -1.29. The summed E-state index contributed by atoms with van der Waals surface area (Å²) in [6, 6.07) is -1.28. The molecule has 0 radical (unpaired) electrons. The lowest BCUT2D eigenvalue weighted by molar-refractivity contribution is -0.151. The van der Waals surface area contributed by atoms with Gasteiger partial charge in [-0.05, 0) is 0 Å². The van der Waals surface area contributed by atoms with E-state index in [1.54, 1.807) is 0 Å². The van der Waals surface area contributed by atoms with Crippen molar-refractivity contribution in [2.75, 3.05) is 6.61 Å². The first-order valence-corrected chi connectivity index (χ1v) is 2.68. The second kappa shape index (κ2) is 4.40. The van der Waals surface area contributed by atoms with Crippen molar-refractivity contribution in [3.63, 3.8) is 0 Å². The lowest BCUT2D eigenvalue weighted by Crippen LogP contribution is -2.35.